The molecule has 0 bridgehead atoms. The van der Waals surface area contributed by atoms with Crippen LogP contribution in [-0.4, -0.2) is 63.8 Å². The molecule has 4 amide bonds. The number of imide groups is 1. The standard InChI is InChI=1S/C13H19N3O3/c1-8(2)14-7-5-10(11(14)17)16-12(18)9-4-3-6-15(9)13(16)19/h8-10H,3-7H2,1-2H3/t9-,10+/m0/s1. The topological polar surface area (TPSA) is 60.9 Å². The Morgan fingerprint density at radius 1 is 1.00 bits per heavy atom. The van der Waals surface area contributed by atoms with E-state index < -0.39 is 6.04 Å². The molecule has 0 N–H and O–H groups in total. The molecule has 0 spiro atoms. The van der Waals surface area contributed by atoms with E-state index in [1.165, 1.54) is 4.90 Å². The lowest BCUT2D eigenvalue weighted by atomic mass is 10.1. The van der Waals surface area contributed by atoms with Crippen LogP contribution >= 0.6 is 0 Å². The monoisotopic (exact) mass is 265 g/mol. The quantitative estimate of drug-likeness (QED) is 0.680. The van der Waals surface area contributed by atoms with Gasteiger partial charge in [0.2, 0.25) is 5.91 Å². The molecular weight excluding hydrogens is 246 g/mol. The first kappa shape index (κ1) is 12.4. The molecule has 3 rings (SSSR count). The summed E-state index contributed by atoms with van der Waals surface area (Å²) in [4.78, 5) is 41.5. The van der Waals surface area contributed by atoms with Gasteiger partial charge in [-0.2, -0.15) is 0 Å². The molecule has 3 heterocycles. The number of nitrogens with zero attached hydrogens (tertiary/aromatic N) is 3. The van der Waals surface area contributed by atoms with Crippen molar-refractivity contribution in [3.63, 3.8) is 0 Å². The second-order valence-electron chi connectivity index (χ2n) is 5.77. The van der Waals surface area contributed by atoms with Crippen LogP contribution in [0.2, 0.25) is 0 Å². The van der Waals surface area contributed by atoms with Gasteiger partial charge in [0.05, 0.1) is 0 Å². The van der Waals surface area contributed by atoms with E-state index in [-0.39, 0.29) is 29.9 Å². The Bertz CT molecular complexity index is 426. The molecule has 0 unspecified atom stereocenters. The Kier molecular flexibility index (Phi) is 2.76. The highest BCUT2D eigenvalue weighted by Crippen LogP contribution is 2.31. The van der Waals surface area contributed by atoms with Crippen LogP contribution in [-0.2, 0) is 9.59 Å². The van der Waals surface area contributed by atoms with E-state index in [1.54, 1.807) is 9.80 Å². The van der Waals surface area contributed by atoms with E-state index in [9.17, 15) is 14.4 Å². The van der Waals surface area contributed by atoms with Crippen molar-refractivity contribution in [1.82, 2.24) is 14.7 Å². The summed E-state index contributed by atoms with van der Waals surface area (Å²) >= 11 is 0. The Morgan fingerprint density at radius 3 is 2.32 bits per heavy atom. The predicted octanol–water partition coefficient (Wildman–Crippen LogP) is 0.422. The Balaban J connectivity index is 1.82. The first-order valence-electron chi connectivity index (χ1n) is 6.96. The van der Waals surface area contributed by atoms with Crippen LogP contribution in [0.5, 0.6) is 0 Å². The van der Waals surface area contributed by atoms with E-state index in [2.05, 4.69) is 0 Å². The fourth-order valence-corrected chi connectivity index (χ4v) is 3.37. The van der Waals surface area contributed by atoms with Crippen LogP contribution in [0.25, 0.3) is 0 Å². The first-order chi connectivity index (χ1) is 9.02. The lowest BCUT2D eigenvalue weighted by Crippen LogP contribution is -2.47. The van der Waals surface area contributed by atoms with Gasteiger partial charge in [0, 0.05) is 19.1 Å². The number of hydrogen-bond acceptors (Lipinski definition) is 3. The molecule has 0 radical (unpaired) electrons. The summed E-state index contributed by atoms with van der Waals surface area (Å²) in [6.45, 7) is 5.17. The minimum Gasteiger partial charge on any atom is -0.338 e. The maximum absolute atomic E-state index is 12.3. The van der Waals surface area contributed by atoms with E-state index in [0.717, 1.165) is 12.8 Å². The normalized spacial score (nSPS) is 31.1. The van der Waals surface area contributed by atoms with Crippen molar-refractivity contribution in [1.29, 1.82) is 0 Å². The van der Waals surface area contributed by atoms with Gasteiger partial charge in [-0.25, -0.2) is 9.69 Å². The van der Waals surface area contributed by atoms with E-state index in [1.807, 2.05) is 13.8 Å². The highest BCUT2D eigenvalue weighted by atomic mass is 16.2. The molecule has 3 aliphatic rings. The van der Waals surface area contributed by atoms with Crippen molar-refractivity contribution in [3.05, 3.63) is 0 Å². The molecule has 3 aliphatic heterocycles. The number of urea groups is 1. The fourth-order valence-electron chi connectivity index (χ4n) is 3.37. The van der Waals surface area contributed by atoms with Crippen molar-refractivity contribution >= 4 is 17.8 Å². The summed E-state index contributed by atoms with van der Waals surface area (Å²) in [5, 5.41) is 0. The molecule has 0 aromatic carbocycles. The molecule has 104 valence electrons. The van der Waals surface area contributed by atoms with Gasteiger partial charge in [-0.15, -0.1) is 0 Å². The SMILES string of the molecule is CC(C)N1CC[C@@H](N2C(=O)[C@@H]3CCCN3C2=O)C1=O. The second-order valence-corrected chi connectivity index (χ2v) is 5.77. The van der Waals surface area contributed by atoms with Gasteiger partial charge in [0.1, 0.15) is 12.1 Å². The molecule has 0 saturated carbocycles. The molecule has 3 saturated heterocycles. The van der Waals surface area contributed by atoms with Crippen LogP contribution in [0, 0.1) is 0 Å². The number of fused-ring (bicyclic) bond motifs is 1. The van der Waals surface area contributed by atoms with E-state index >= 15 is 0 Å². The van der Waals surface area contributed by atoms with Crippen molar-refractivity contribution in [2.75, 3.05) is 13.1 Å². The van der Waals surface area contributed by atoms with E-state index in [0.29, 0.717) is 19.5 Å². The first-order valence-corrected chi connectivity index (χ1v) is 6.96. The minimum absolute atomic E-state index is 0.0853. The molecule has 2 atom stereocenters. The number of hydrogen-bond donors (Lipinski definition) is 0. The number of carbonyl (C=O) groups is 3. The molecule has 0 aliphatic carbocycles. The molecule has 6 nitrogen and oxygen atoms in total. The van der Waals surface area contributed by atoms with Crippen molar-refractivity contribution in [2.24, 2.45) is 0 Å². The van der Waals surface area contributed by atoms with E-state index in [4.69, 9.17) is 0 Å². The van der Waals surface area contributed by atoms with Crippen molar-refractivity contribution < 1.29 is 14.4 Å². The molecular formula is C13H19N3O3. The zero-order valence-electron chi connectivity index (χ0n) is 11.3. The van der Waals surface area contributed by atoms with Crippen LogP contribution < -0.4 is 0 Å². The highest BCUT2D eigenvalue weighted by Gasteiger charge is 2.53. The van der Waals surface area contributed by atoms with Crippen LogP contribution in [0.1, 0.15) is 33.1 Å². The zero-order valence-corrected chi connectivity index (χ0v) is 11.3. The predicted molar refractivity (Wildman–Crippen MR) is 67.2 cm³/mol. The largest absolute Gasteiger partial charge is 0.338 e. The summed E-state index contributed by atoms with van der Waals surface area (Å²) in [5.74, 6) is -0.260. The van der Waals surface area contributed by atoms with Crippen LogP contribution in [0.15, 0.2) is 0 Å². The maximum atomic E-state index is 12.3. The second kappa shape index (κ2) is 4.21. The highest BCUT2D eigenvalue weighted by molar-refractivity contribution is 6.08. The van der Waals surface area contributed by atoms with Gasteiger partial charge in [-0.1, -0.05) is 0 Å². The number of amides is 4. The van der Waals surface area contributed by atoms with Gasteiger partial charge < -0.3 is 9.80 Å². The third-order valence-electron chi connectivity index (χ3n) is 4.37. The Labute approximate surface area is 112 Å². The Morgan fingerprint density at radius 2 is 1.74 bits per heavy atom. The summed E-state index contributed by atoms with van der Waals surface area (Å²) in [5.41, 5.74) is 0. The summed E-state index contributed by atoms with van der Waals surface area (Å²) in [7, 11) is 0. The minimum atomic E-state index is -0.576. The number of carbonyl (C=O) groups excluding carboxylic acids is 3. The number of rotatable bonds is 2. The van der Waals surface area contributed by atoms with Crippen molar-refractivity contribution in [2.45, 2.75) is 51.2 Å². The third-order valence-corrected chi connectivity index (χ3v) is 4.37. The van der Waals surface area contributed by atoms with Gasteiger partial charge in [-0.3, -0.25) is 9.59 Å². The third kappa shape index (κ3) is 1.65. The molecule has 0 aromatic rings. The van der Waals surface area contributed by atoms with Gasteiger partial charge in [0.25, 0.3) is 5.91 Å². The smallest absolute Gasteiger partial charge is 0.328 e. The lowest BCUT2D eigenvalue weighted by molar-refractivity contribution is -0.139. The van der Waals surface area contributed by atoms with Crippen molar-refractivity contribution in [3.8, 4) is 0 Å². The zero-order chi connectivity index (χ0) is 13.7. The molecule has 3 fully saturated rings. The van der Waals surface area contributed by atoms with Crippen LogP contribution in [0.4, 0.5) is 4.79 Å². The Hall–Kier alpha value is -1.59. The molecule has 19 heavy (non-hydrogen) atoms. The number of likely N-dealkylation sites (tertiary alicyclic amines) is 1. The summed E-state index contributed by atoms with van der Waals surface area (Å²) in [6.07, 6.45) is 2.18. The van der Waals surface area contributed by atoms with Crippen LogP contribution in [0.3, 0.4) is 0 Å². The van der Waals surface area contributed by atoms with Gasteiger partial charge in [-0.05, 0) is 33.1 Å². The average Bonchev–Trinajstić information content (AvgIpc) is 3.00. The molecule has 6 heteroatoms. The lowest BCUT2D eigenvalue weighted by Gasteiger charge is -2.24. The summed E-state index contributed by atoms with van der Waals surface area (Å²) in [6, 6.07) is -1.04. The molecule has 0 aromatic heterocycles. The van der Waals surface area contributed by atoms with Gasteiger partial charge in [0.15, 0.2) is 0 Å². The average molecular weight is 265 g/mol. The fraction of sp³-hybridized carbons (Fsp3) is 0.769. The van der Waals surface area contributed by atoms with Gasteiger partial charge >= 0.3 is 6.03 Å². The summed E-state index contributed by atoms with van der Waals surface area (Å²) < 4.78 is 0. The maximum Gasteiger partial charge on any atom is 0.328 e.